The third-order valence-corrected chi connectivity index (χ3v) is 4.58. The zero-order valence-electron chi connectivity index (χ0n) is 13.7. The summed E-state index contributed by atoms with van der Waals surface area (Å²) in [6.07, 6.45) is 0. The lowest BCUT2D eigenvalue weighted by Crippen LogP contribution is -2.14. The Balaban J connectivity index is 1.66. The van der Waals surface area contributed by atoms with Crippen LogP contribution in [-0.2, 0) is 0 Å². The summed E-state index contributed by atoms with van der Waals surface area (Å²) in [4.78, 5) is 16.8. The number of carbonyl (C=O) groups is 1. The Morgan fingerprint density at radius 3 is 2.56 bits per heavy atom. The van der Waals surface area contributed by atoms with E-state index in [9.17, 15) is 9.18 Å². The van der Waals surface area contributed by atoms with Crippen molar-refractivity contribution in [3.05, 3.63) is 82.1 Å². The summed E-state index contributed by atoms with van der Waals surface area (Å²) in [5.74, 6) is -0.971. The lowest BCUT2D eigenvalue weighted by Gasteiger charge is -2.07. The van der Waals surface area contributed by atoms with Crippen LogP contribution in [0.15, 0.2) is 65.1 Å². The maximum absolute atomic E-state index is 13.9. The van der Waals surface area contributed by atoms with Gasteiger partial charge >= 0.3 is 0 Å². The number of oxazole rings is 1. The molecule has 0 unspecified atom stereocenters. The summed E-state index contributed by atoms with van der Waals surface area (Å²) in [5.41, 5.74) is 1.94. The van der Waals surface area contributed by atoms with Gasteiger partial charge in [0.1, 0.15) is 11.3 Å². The van der Waals surface area contributed by atoms with Gasteiger partial charge in [0.15, 0.2) is 5.58 Å². The number of benzene rings is 3. The molecule has 0 saturated heterocycles. The summed E-state index contributed by atoms with van der Waals surface area (Å²) in [6, 6.07) is 16.2. The van der Waals surface area contributed by atoms with Crippen LogP contribution in [0.1, 0.15) is 10.4 Å². The number of aromatic nitrogens is 1. The first kappa shape index (κ1) is 17.5. The molecule has 1 heterocycles. The highest BCUT2D eigenvalue weighted by atomic mass is 35.5. The van der Waals surface area contributed by atoms with Crippen molar-refractivity contribution < 1.29 is 13.6 Å². The van der Waals surface area contributed by atoms with Gasteiger partial charge in [-0.3, -0.25) is 4.79 Å². The van der Waals surface area contributed by atoms with Crippen molar-refractivity contribution >= 4 is 45.9 Å². The Labute approximate surface area is 163 Å². The summed E-state index contributed by atoms with van der Waals surface area (Å²) in [7, 11) is 0. The molecule has 0 spiro atoms. The van der Waals surface area contributed by atoms with Gasteiger partial charge in [-0.05, 0) is 36.4 Å². The summed E-state index contributed by atoms with van der Waals surface area (Å²) >= 11 is 12.1. The van der Waals surface area contributed by atoms with Crippen molar-refractivity contribution in [3.63, 3.8) is 0 Å². The number of nitrogens with one attached hydrogen (secondary N) is 1. The number of amides is 1. The smallest absolute Gasteiger partial charge is 0.260 e. The Bertz CT molecular complexity index is 1150. The van der Waals surface area contributed by atoms with Gasteiger partial charge < -0.3 is 9.73 Å². The maximum atomic E-state index is 13.9. The maximum Gasteiger partial charge on any atom is 0.260 e. The Hall–Kier alpha value is -2.89. The van der Waals surface area contributed by atoms with Gasteiger partial charge in [0.2, 0.25) is 5.89 Å². The highest BCUT2D eigenvalue weighted by molar-refractivity contribution is 6.34. The minimum atomic E-state index is -0.693. The van der Waals surface area contributed by atoms with Crippen molar-refractivity contribution in [1.82, 2.24) is 4.98 Å². The minimum absolute atomic E-state index is 0.0363. The Morgan fingerprint density at radius 1 is 1.00 bits per heavy atom. The molecule has 4 aromatic rings. The van der Waals surface area contributed by atoms with Crippen molar-refractivity contribution in [2.75, 3.05) is 5.32 Å². The Kier molecular flexibility index (Phi) is 4.56. The first-order chi connectivity index (χ1) is 13.0. The number of rotatable bonds is 3. The molecule has 1 N–H and O–H groups in total. The van der Waals surface area contributed by atoms with E-state index in [1.807, 2.05) is 12.1 Å². The largest absolute Gasteiger partial charge is 0.436 e. The molecule has 1 amide bonds. The zero-order valence-corrected chi connectivity index (χ0v) is 15.2. The van der Waals surface area contributed by atoms with Crippen LogP contribution < -0.4 is 5.32 Å². The van der Waals surface area contributed by atoms with Crippen LogP contribution in [0.3, 0.4) is 0 Å². The van der Waals surface area contributed by atoms with Crippen LogP contribution in [0.4, 0.5) is 10.1 Å². The molecule has 0 aliphatic rings. The van der Waals surface area contributed by atoms with E-state index in [1.165, 1.54) is 18.2 Å². The SMILES string of the molecule is O=C(Nc1ccc2nc(-c3ccccc3Cl)oc2c1)c1c(F)cccc1Cl. The first-order valence-electron chi connectivity index (χ1n) is 7.94. The predicted molar refractivity (Wildman–Crippen MR) is 104 cm³/mol. The molecule has 1 aromatic heterocycles. The molecule has 0 aliphatic carbocycles. The number of hydrogen-bond acceptors (Lipinski definition) is 3. The van der Waals surface area contributed by atoms with E-state index in [1.54, 1.807) is 30.3 Å². The number of anilines is 1. The molecular weight excluding hydrogens is 390 g/mol. The number of nitrogens with zero attached hydrogens (tertiary/aromatic N) is 1. The second-order valence-corrected chi connectivity index (χ2v) is 6.55. The van der Waals surface area contributed by atoms with Gasteiger partial charge in [-0.1, -0.05) is 41.4 Å². The third-order valence-electron chi connectivity index (χ3n) is 3.94. The van der Waals surface area contributed by atoms with Crippen LogP contribution in [0.5, 0.6) is 0 Å². The van der Waals surface area contributed by atoms with Gasteiger partial charge in [-0.2, -0.15) is 0 Å². The average molecular weight is 401 g/mol. The van der Waals surface area contributed by atoms with Crippen LogP contribution in [0.2, 0.25) is 10.0 Å². The predicted octanol–water partition coefficient (Wildman–Crippen LogP) is 6.19. The van der Waals surface area contributed by atoms with E-state index in [0.717, 1.165) is 0 Å². The molecule has 27 heavy (non-hydrogen) atoms. The molecule has 0 bridgehead atoms. The van der Waals surface area contributed by atoms with Crippen LogP contribution in [0.25, 0.3) is 22.6 Å². The lowest BCUT2D eigenvalue weighted by atomic mass is 10.2. The van der Waals surface area contributed by atoms with E-state index in [0.29, 0.717) is 33.3 Å². The van der Waals surface area contributed by atoms with Gasteiger partial charge in [0.05, 0.1) is 21.2 Å². The lowest BCUT2D eigenvalue weighted by molar-refractivity contribution is 0.102. The topological polar surface area (TPSA) is 55.1 Å². The summed E-state index contributed by atoms with van der Waals surface area (Å²) < 4.78 is 19.7. The van der Waals surface area contributed by atoms with Crippen molar-refractivity contribution in [2.24, 2.45) is 0 Å². The number of fused-ring (bicyclic) bond motifs is 1. The van der Waals surface area contributed by atoms with Crippen molar-refractivity contribution in [1.29, 1.82) is 0 Å². The standard InChI is InChI=1S/C20H11Cl2FN2O2/c21-13-5-2-1-4-12(13)20-25-16-9-8-11(10-17(16)27-20)24-19(26)18-14(22)6-3-7-15(18)23/h1-10H,(H,24,26). The minimum Gasteiger partial charge on any atom is -0.436 e. The zero-order chi connectivity index (χ0) is 19.0. The summed E-state index contributed by atoms with van der Waals surface area (Å²) in [5, 5.41) is 3.17. The molecule has 7 heteroatoms. The van der Waals surface area contributed by atoms with E-state index in [2.05, 4.69) is 10.3 Å². The second kappa shape index (κ2) is 7.02. The molecule has 4 nitrogen and oxygen atoms in total. The molecule has 0 saturated carbocycles. The number of hydrogen-bond donors (Lipinski definition) is 1. The van der Waals surface area contributed by atoms with E-state index in [4.69, 9.17) is 27.6 Å². The first-order valence-corrected chi connectivity index (χ1v) is 8.69. The molecule has 3 aromatic carbocycles. The van der Waals surface area contributed by atoms with Crippen LogP contribution in [0, 0.1) is 5.82 Å². The molecule has 0 radical (unpaired) electrons. The number of halogens is 3. The van der Waals surface area contributed by atoms with Gasteiger partial charge in [0, 0.05) is 11.8 Å². The molecule has 0 atom stereocenters. The van der Waals surface area contributed by atoms with Gasteiger partial charge in [0.25, 0.3) is 5.91 Å². The van der Waals surface area contributed by atoms with E-state index < -0.39 is 11.7 Å². The fraction of sp³-hybridized carbons (Fsp3) is 0. The van der Waals surface area contributed by atoms with Crippen molar-refractivity contribution in [3.8, 4) is 11.5 Å². The van der Waals surface area contributed by atoms with Crippen LogP contribution in [-0.4, -0.2) is 10.9 Å². The molecule has 0 aliphatic heterocycles. The summed E-state index contributed by atoms with van der Waals surface area (Å²) in [6.45, 7) is 0. The molecule has 134 valence electrons. The average Bonchev–Trinajstić information content (AvgIpc) is 3.05. The highest BCUT2D eigenvalue weighted by Gasteiger charge is 2.17. The normalized spacial score (nSPS) is 10.9. The quantitative estimate of drug-likeness (QED) is 0.445. The van der Waals surface area contributed by atoms with E-state index >= 15 is 0 Å². The number of carbonyl (C=O) groups excluding carboxylic acids is 1. The third kappa shape index (κ3) is 3.39. The fourth-order valence-electron chi connectivity index (χ4n) is 2.66. The van der Waals surface area contributed by atoms with Gasteiger partial charge in [-0.25, -0.2) is 9.37 Å². The van der Waals surface area contributed by atoms with Crippen molar-refractivity contribution in [2.45, 2.75) is 0 Å². The molecule has 4 rings (SSSR count). The monoisotopic (exact) mass is 400 g/mol. The van der Waals surface area contributed by atoms with E-state index in [-0.39, 0.29) is 10.6 Å². The second-order valence-electron chi connectivity index (χ2n) is 5.73. The molecular formula is C20H11Cl2FN2O2. The molecule has 0 fully saturated rings. The van der Waals surface area contributed by atoms with Crippen LogP contribution >= 0.6 is 23.2 Å². The Morgan fingerprint density at radius 2 is 1.78 bits per heavy atom. The fourth-order valence-corrected chi connectivity index (χ4v) is 3.13. The highest BCUT2D eigenvalue weighted by Crippen LogP contribution is 2.31. The van der Waals surface area contributed by atoms with Gasteiger partial charge in [-0.15, -0.1) is 0 Å².